The number of hydrogen-bond donors (Lipinski definition) is 2. The van der Waals surface area contributed by atoms with E-state index in [1.807, 2.05) is 6.07 Å². The Morgan fingerprint density at radius 3 is 2.61 bits per heavy atom. The van der Waals surface area contributed by atoms with Gasteiger partial charge in [0.1, 0.15) is 17.9 Å². The van der Waals surface area contributed by atoms with Crippen LogP contribution in [0.1, 0.15) is 59.5 Å². The number of nitriles is 1. The fourth-order valence-corrected chi connectivity index (χ4v) is 5.55. The number of anilines is 1. The number of hydrogen-bond acceptors (Lipinski definition) is 5. The molecule has 2 fully saturated rings. The molecule has 33 heavy (non-hydrogen) atoms. The summed E-state index contributed by atoms with van der Waals surface area (Å²) in [6.07, 6.45) is 3.21. The molecular formula is C23H20ClN3O5S. The number of rotatable bonds is 7. The summed E-state index contributed by atoms with van der Waals surface area (Å²) in [7, 11) is -4.21. The van der Waals surface area contributed by atoms with Gasteiger partial charge < -0.3 is 14.7 Å². The van der Waals surface area contributed by atoms with Gasteiger partial charge in [0.2, 0.25) is 6.04 Å². The molecule has 2 atom stereocenters. The quantitative estimate of drug-likeness (QED) is 0.543. The lowest BCUT2D eigenvalue weighted by Gasteiger charge is -2.19. The minimum atomic E-state index is -4.21. The van der Waals surface area contributed by atoms with Crippen LogP contribution in [0.5, 0.6) is 5.75 Å². The molecule has 2 aromatic rings. The molecule has 0 heterocycles. The fraction of sp³-hybridized carbons (Fsp3) is 0.348. The highest BCUT2D eigenvalue weighted by Crippen LogP contribution is 2.44. The average molecular weight is 486 g/mol. The summed E-state index contributed by atoms with van der Waals surface area (Å²) in [5, 5.41) is 18.8. The first kappa shape index (κ1) is 22.9. The Hall–Kier alpha value is -3.27. The Kier molecular flexibility index (Phi) is 6.20. The van der Waals surface area contributed by atoms with Crippen LogP contribution in [0, 0.1) is 17.9 Å². The monoisotopic (exact) mass is 485 g/mol. The molecule has 2 aromatic carbocycles. The number of halogens is 1. The van der Waals surface area contributed by atoms with Crippen LogP contribution in [0.25, 0.3) is 4.85 Å². The van der Waals surface area contributed by atoms with E-state index in [0.29, 0.717) is 24.8 Å². The first-order chi connectivity index (χ1) is 15.7. The van der Waals surface area contributed by atoms with Crippen LogP contribution in [-0.4, -0.2) is 31.6 Å². The topological polar surface area (TPSA) is 121 Å². The second kappa shape index (κ2) is 8.93. The fourth-order valence-electron chi connectivity index (χ4n) is 3.97. The third-order valence-electron chi connectivity index (χ3n) is 5.83. The summed E-state index contributed by atoms with van der Waals surface area (Å²) in [5.41, 5.74) is 0.514. The summed E-state index contributed by atoms with van der Waals surface area (Å²) in [6.45, 7) is 7.20. The van der Waals surface area contributed by atoms with Crippen LogP contribution >= 0.6 is 11.6 Å². The zero-order valence-electron chi connectivity index (χ0n) is 17.4. The molecule has 0 spiro atoms. The maximum Gasteiger partial charge on any atom is 0.335 e. The number of carboxylic acids is 1. The molecule has 8 nitrogen and oxygen atoms in total. The molecule has 0 saturated heterocycles. The number of carboxylic acid groups (broad SMARTS) is 1. The molecule has 4 rings (SSSR count). The lowest BCUT2D eigenvalue weighted by molar-refractivity contribution is 0.0696. The van der Waals surface area contributed by atoms with E-state index in [1.165, 1.54) is 18.2 Å². The summed E-state index contributed by atoms with van der Waals surface area (Å²) in [5.74, 6) is -1.02. The molecule has 10 heteroatoms. The van der Waals surface area contributed by atoms with Gasteiger partial charge in [0.05, 0.1) is 33.2 Å². The van der Waals surface area contributed by atoms with Crippen molar-refractivity contribution in [1.29, 1.82) is 5.26 Å². The van der Waals surface area contributed by atoms with Gasteiger partial charge in [-0.3, -0.25) is 4.72 Å². The van der Waals surface area contributed by atoms with Crippen molar-refractivity contribution in [1.82, 2.24) is 0 Å². The van der Waals surface area contributed by atoms with Crippen molar-refractivity contribution in [2.45, 2.75) is 55.1 Å². The van der Waals surface area contributed by atoms with Crippen LogP contribution < -0.4 is 9.46 Å². The lowest BCUT2D eigenvalue weighted by Crippen LogP contribution is -2.19. The van der Waals surface area contributed by atoms with Gasteiger partial charge >= 0.3 is 5.97 Å². The van der Waals surface area contributed by atoms with E-state index < -0.39 is 16.0 Å². The van der Waals surface area contributed by atoms with Crippen LogP contribution in [0.15, 0.2) is 35.2 Å². The SMILES string of the molecule is [C-]#[N+]C1CCC(Oc2cc(Cl)c(C#N)cc2NS(=O)(=O)c2cc(C(=O)O)ccc2C2CC2)C1. The normalized spacial score (nSPS) is 20.0. The van der Waals surface area contributed by atoms with Crippen molar-refractivity contribution in [2.75, 3.05) is 4.72 Å². The minimum Gasteiger partial charge on any atom is -0.488 e. The maximum atomic E-state index is 13.4. The van der Waals surface area contributed by atoms with Gasteiger partial charge in [-0.1, -0.05) is 17.7 Å². The van der Waals surface area contributed by atoms with Gasteiger partial charge in [-0.05, 0) is 48.9 Å². The molecular weight excluding hydrogens is 466 g/mol. The average Bonchev–Trinajstić information content (AvgIpc) is 3.53. The summed E-state index contributed by atoms with van der Waals surface area (Å²) < 4.78 is 35.2. The van der Waals surface area contributed by atoms with E-state index in [2.05, 4.69) is 9.57 Å². The second-order valence-electron chi connectivity index (χ2n) is 8.21. The van der Waals surface area contributed by atoms with E-state index in [9.17, 15) is 23.6 Å². The van der Waals surface area contributed by atoms with Crippen LogP contribution in [0.4, 0.5) is 5.69 Å². The standard InChI is InChI=1S/C23H20ClN3O5S/c1-26-16-5-6-17(10-16)32-21-11-19(24)15(12-25)8-20(21)27-33(30,31)22-9-14(23(28)29)4-7-18(22)13-2-3-13/h4,7-9,11,13,16-17,27H,2-3,5-6,10H2,(H,28,29). The van der Waals surface area contributed by atoms with Crippen LogP contribution in [-0.2, 0) is 10.0 Å². The molecule has 2 aliphatic rings. The van der Waals surface area contributed by atoms with Crippen LogP contribution in [0.2, 0.25) is 5.02 Å². The molecule has 2 aliphatic carbocycles. The number of sulfonamides is 1. The van der Waals surface area contributed by atoms with Crippen LogP contribution in [0.3, 0.4) is 0 Å². The van der Waals surface area contributed by atoms with E-state index in [4.69, 9.17) is 22.9 Å². The molecule has 0 radical (unpaired) electrons. The number of nitrogens with zero attached hydrogens (tertiary/aromatic N) is 2. The highest BCUT2D eigenvalue weighted by atomic mass is 35.5. The molecule has 0 aliphatic heterocycles. The first-order valence-corrected chi connectivity index (χ1v) is 12.2. The highest BCUT2D eigenvalue weighted by molar-refractivity contribution is 7.92. The van der Waals surface area contributed by atoms with E-state index in [-0.39, 0.29) is 50.5 Å². The molecule has 0 amide bonds. The first-order valence-electron chi connectivity index (χ1n) is 10.4. The van der Waals surface area contributed by atoms with E-state index >= 15 is 0 Å². The summed E-state index contributed by atoms with van der Waals surface area (Å²) in [6, 6.07) is 8.55. The maximum absolute atomic E-state index is 13.4. The molecule has 2 unspecified atom stereocenters. The largest absolute Gasteiger partial charge is 0.488 e. The molecule has 2 N–H and O–H groups in total. The Bertz CT molecular complexity index is 1310. The predicted octanol–water partition coefficient (Wildman–Crippen LogP) is 4.81. The van der Waals surface area contributed by atoms with Gasteiger partial charge in [0.15, 0.2) is 0 Å². The third kappa shape index (κ3) is 4.90. The van der Waals surface area contributed by atoms with Crippen molar-refractivity contribution >= 4 is 33.3 Å². The van der Waals surface area contributed by atoms with Gasteiger partial charge in [0, 0.05) is 12.5 Å². The van der Waals surface area contributed by atoms with Gasteiger partial charge in [-0.15, -0.1) is 0 Å². The Balaban J connectivity index is 1.72. The molecule has 0 aromatic heterocycles. The number of benzene rings is 2. The van der Waals surface area contributed by atoms with Crippen molar-refractivity contribution in [3.8, 4) is 11.8 Å². The van der Waals surface area contributed by atoms with Crippen molar-refractivity contribution < 1.29 is 23.1 Å². The van der Waals surface area contributed by atoms with Gasteiger partial charge in [-0.25, -0.2) is 19.8 Å². The van der Waals surface area contributed by atoms with Crippen molar-refractivity contribution in [2.24, 2.45) is 0 Å². The second-order valence-corrected chi connectivity index (χ2v) is 10.3. The highest BCUT2D eigenvalue weighted by Gasteiger charge is 2.33. The minimum absolute atomic E-state index is 0.0321. The Morgan fingerprint density at radius 2 is 2.00 bits per heavy atom. The molecule has 170 valence electrons. The van der Waals surface area contributed by atoms with Crippen molar-refractivity contribution in [3.05, 3.63) is 63.5 Å². The van der Waals surface area contributed by atoms with Gasteiger partial charge in [-0.2, -0.15) is 5.26 Å². The number of carbonyl (C=O) groups is 1. The number of nitrogens with one attached hydrogen (secondary N) is 1. The lowest BCUT2D eigenvalue weighted by atomic mass is 10.1. The number of ether oxygens (including phenoxy) is 1. The number of aromatic carboxylic acids is 1. The third-order valence-corrected chi connectivity index (χ3v) is 7.57. The predicted molar refractivity (Wildman–Crippen MR) is 121 cm³/mol. The van der Waals surface area contributed by atoms with Gasteiger partial charge in [0.25, 0.3) is 10.0 Å². The zero-order chi connectivity index (χ0) is 23.8. The van der Waals surface area contributed by atoms with E-state index in [1.54, 1.807) is 6.07 Å². The smallest absolute Gasteiger partial charge is 0.335 e. The Labute approximate surface area is 196 Å². The Morgan fingerprint density at radius 1 is 1.24 bits per heavy atom. The van der Waals surface area contributed by atoms with E-state index in [0.717, 1.165) is 18.9 Å². The zero-order valence-corrected chi connectivity index (χ0v) is 19.0. The molecule has 0 bridgehead atoms. The summed E-state index contributed by atoms with van der Waals surface area (Å²) in [4.78, 5) is 14.9. The summed E-state index contributed by atoms with van der Waals surface area (Å²) >= 11 is 6.17. The molecule has 2 saturated carbocycles. The van der Waals surface area contributed by atoms with Crippen molar-refractivity contribution in [3.63, 3.8) is 0 Å².